The fourth-order valence-corrected chi connectivity index (χ4v) is 10.0. The molecule has 23 N–H and O–H groups in total. The highest BCUT2D eigenvalue weighted by molar-refractivity contribution is 6.00. The minimum atomic E-state index is -2.12. The topological polar surface area (TPSA) is 617 Å². The molecular weight excluding hydrogens is 1410 g/mol. The normalized spacial score (nSPS) is 15.5. The second-order valence-electron chi connectivity index (χ2n) is 25.6. The van der Waals surface area contributed by atoms with Crippen LogP contribution in [-0.2, 0) is 96.0 Å². The molecule has 107 heavy (non-hydrogen) atoms. The lowest BCUT2D eigenvalue weighted by molar-refractivity contribution is -0.142. The molecule has 0 heterocycles. The minimum absolute atomic E-state index is 0.0140. The number of carbonyl (C=O) groups excluding carboxylic acids is 13. The van der Waals surface area contributed by atoms with Crippen LogP contribution in [0.5, 0.6) is 11.5 Å². The number of carboxylic acids is 3. The van der Waals surface area contributed by atoms with Gasteiger partial charge in [0.05, 0.1) is 38.3 Å². The Balaban J connectivity index is 1.83. The van der Waals surface area contributed by atoms with Gasteiger partial charge in [0, 0.05) is 19.3 Å². The predicted molar refractivity (Wildman–Crippen MR) is 376 cm³/mol. The summed E-state index contributed by atoms with van der Waals surface area (Å²) in [5, 5.41) is 110. The first-order chi connectivity index (χ1) is 50.3. The lowest BCUT2D eigenvalue weighted by atomic mass is 9.96. The fourth-order valence-electron chi connectivity index (χ4n) is 10.0. The van der Waals surface area contributed by atoms with Crippen LogP contribution in [0.4, 0.5) is 0 Å². The summed E-state index contributed by atoms with van der Waals surface area (Å²) in [7, 11) is 0. The van der Waals surface area contributed by atoms with Gasteiger partial charge >= 0.3 is 17.9 Å². The van der Waals surface area contributed by atoms with Crippen LogP contribution in [0.1, 0.15) is 104 Å². The molecule has 0 aliphatic heterocycles. The Hall–Kier alpha value is -11.4. The first-order valence-corrected chi connectivity index (χ1v) is 34.2. The van der Waals surface area contributed by atoms with Crippen molar-refractivity contribution in [2.75, 3.05) is 19.8 Å². The van der Waals surface area contributed by atoms with Gasteiger partial charge in [-0.2, -0.15) is 0 Å². The zero-order valence-electron chi connectivity index (χ0n) is 60.2. The maximum Gasteiger partial charge on any atom is 0.325 e. The van der Waals surface area contributed by atoms with E-state index in [1.54, 1.807) is 51.1 Å². The Labute approximate surface area is 615 Å². The number of aliphatic carboxylic acids is 3. The molecule has 0 bridgehead atoms. The molecular formula is C69H98N14O24. The molecule has 0 spiro atoms. The van der Waals surface area contributed by atoms with Crippen molar-refractivity contribution in [3.05, 3.63) is 95.6 Å². The summed E-state index contributed by atoms with van der Waals surface area (Å²) in [5.41, 5.74) is 7.28. The van der Waals surface area contributed by atoms with Gasteiger partial charge in [0.15, 0.2) is 0 Å². The fraction of sp³-hybridized carbons (Fsp3) is 0.507. The molecule has 3 aromatic carbocycles. The van der Waals surface area contributed by atoms with E-state index in [0.29, 0.717) is 11.1 Å². The van der Waals surface area contributed by atoms with Crippen LogP contribution in [0.25, 0.3) is 0 Å². The summed E-state index contributed by atoms with van der Waals surface area (Å²) in [6.07, 6.45) is -4.48. The summed E-state index contributed by atoms with van der Waals surface area (Å²) in [5.74, 6) is -20.4. The predicted octanol–water partition coefficient (Wildman–Crippen LogP) is -5.67. The van der Waals surface area contributed by atoms with Crippen molar-refractivity contribution in [1.29, 1.82) is 0 Å². The first-order valence-electron chi connectivity index (χ1n) is 34.2. The molecule has 0 saturated carbocycles. The molecule has 0 unspecified atom stereocenters. The third kappa shape index (κ3) is 30.7. The van der Waals surface area contributed by atoms with E-state index in [0.717, 1.165) is 6.92 Å². The van der Waals surface area contributed by atoms with Crippen LogP contribution in [0, 0.1) is 11.8 Å². The zero-order valence-corrected chi connectivity index (χ0v) is 60.2. The van der Waals surface area contributed by atoms with Crippen LogP contribution in [-0.4, -0.2) is 240 Å². The maximum absolute atomic E-state index is 14.5. The second kappa shape index (κ2) is 44.4. The number of amides is 13. The summed E-state index contributed by atoms with van der Waals surface area (Å²) >= 11 is 0. The highest BCUT2D eigenvalue weighted by atomic mass is 16.4. The molecule has 38 heteroatoms. The van der Waals surface area contributed by atoms with E-state index in [-0.39, 0.29) is 42.7 Å². The highest BCUT2D eigenvalue weighted by Gasteiger charge is 2.39. The van der Waals surface area contributed by atoms with Crippen molar-refractivity contribution in [2.45, 2.75) is 191 Å². The van der Waals surface area contributed by atoms with Gasteiger partial charge in [-0.3, -0.25) is 76.7 Å². The molecule has 13 amide bonds. The quantitative estimate of drug-likeness (QED) is 0.0251. The number of aliphatic hydroxyl groups excluding tert-OH is 3. The van der Waals surface area contributed by atoms with Gasteiger partial charge in [-0.25, -0.2) is 0 Å². The number of rotatable bonds is 45. The molecule has 0 saturated heterocycles. The van der Waals surface area contributed by atoms with Gasteiger partial charge in [-0.05, 0) is 93.3 Å². The number of nitrogens with one attached hydrogen (secondary N) is 13. The third-order valence-corrected chi connectivity index (χ3v) is 16.9. The first kappa shape index (κ1) is 89.8. The van der Waals surface area contributed by atoms with E-state index in [2.05, 4.69) is 69.1 Å². The van der Waals surface area contributed by atoms with Crippen LogP contribution in [0.3, 0.4) is 0 Å². The third-order valence-electron chi connectivity index (χ3n) is 16.9. The molecule has 0 radical (unpaired) electrons. The number of phenols is 2. The molecule has 3 aromatic rings. The van der Waals surface area contributed by atoms with Crippen LogP contribution < -0.4 is 74.9 Å². The highest BCUT2D eigenvalue weighted by Crippen LogP contribution is 2.16. The van der Waals surface area contributed by atoms with Crippen molar-refractivity contribution in [3.8, 4) is 11.5 Å². The average molecular weight is 1510 g/mol. The number of hydrogen-bond acceptors (Lipinski definition) is 22. The van der Waals surface area contributed by atoms with Gasteiger partial charge in [-0.1, -0.05) is 95.1 Å². The van der Waals surface area contributed by atoms with Gasteiger partial charge < -0.3 is 116 Å². The van der Waals surface area contributed by atoms with E-state index in [4.69, 9.17) is 5.73 Å². The lowest BCUT2D eigenvalue weighted by Gasteiger charge is -2.29. The van der Waals surface area contributed by atoms with E-state index in [1.165, 1.54) is 76.2 Å². The van der Waals surface area contributed by atoms with Crippen molar-refractivity contribution in [1.82, 2.24) is 69.1 Å². The average Bonchev–Trinajstić information content (AvgIpc) is 0.840. The van der Waals surface area contributed by atoms with E-state index >= 15 is 0 Å². The Morgan fingerprint density at radius 3 is 1.22 bits per heavy atom. The summed E-state index contributed by atoms with van der Waals surface area (Å²) in [6, 6.07) is -2.21. The van der Waals surface area contributed by atoms with Gasteiger partial charge in [-0.15, -0.1) is 0 Å². The largest absolute Gasteiger partial charge is 0.508 e. The Bertz CT molecular complexity index is 3590. The lowest BCUT2D eigenvalue weighted by Crippen LogP contribution is -2.62. The van der Waals surface area contributed by atoms with Gasteiger partial charge in [0.2, 0.25) is 76.8 Å². The van der Waals surface area contributed by atoms with Crippen molar-refractivity contribution < 1.29 is 118 Å². The number of carboxylic acid groups (broad SMARTS) is 3. The number of nitrogens with two attached hydrogens (primary N) is 1. The Kier molecular flexibility index (Phi) is 37.3. The Morgan fingerprint density at radius 2 is 0.757 bits per heavy atom. The van der Waals surface area contributed by atoms with Crippen molar-refractivity contribution in [2.24, 2.45) is 17.6 Å². The molecule has 16 atom stereocenters. The summed E-state index contributed by atoms with van der Waals surface area (Å²) < 4.78 is 0. The number of phenolic OH excluding ortho intramolecular Hbond substituents is 2. The van der Waals surface area contributed by atoms with Crippen molar-refractivity contribution >= 4 is 94.7 Å². The molecule has 588 valence electrons. The van der Waals surface area contributed by atoms with Crippen LogP contribution in [0.2, 0.25) is 0 Å². The maximum atomic E-state index is 14.5. The number of hydrogen-bond donors (Lipinski definition) is 22. The van der Waals surface area contributed by atoms with Crippen molar-refractivity contribution in [3.63, 3.8) is 0 Å². The smallest absolute Gasteiger partial charge is 0.325 e. The number of aromatic hydroxyl groups is 2. The molecule has 0 aliphatic rings. The number of carbonyl (C=O) groups is 16. The molecule has 0 fully saturated rings. The van der Waals surface area contributed by atoms with Crippen LogP contribution in [0.15, 0.2) is 78.9 Å². The number of benzene rings is 3. The van der Waals surface area contributed by atoms with E-state index in [9.17, 15) is 118 Å². The molecule has 0 aromatic heterocycles. The van der Waals surface area contributed by atoms with E-state index in [1.807, 2.05) is 0 Å². The number of aliphatic hydroxyl groups is 3. The van der Waals surface area contributed by atoms with Crippen LogP contribution >= 0.6 is 0 Å². The summed E-state index contributed by atoms with van der Waals surface area (Å²) in [4.78, 5) is 213. The molecule has 0 aliphatic carbocycles. The molecule has 3 rings (SSSR count). The molecule has 38 nitrogen and oxygen atoms in total. The minimum Gasteiger partial charge on any atom is -0.508 e. The standard InChI is InChI=1S/C69H98N14O24/c1-9-33(3)54(66(103)73-35(5)57(94)74-37(7)69(106)107)83-65(102)50(32-85)79-61(98)46(28-41-18-22-43(88)23-19-41)76-62(99)48(29-53(92)93)77-64(101)49(31-84)80-67(104)55(34(4)10-2)82-63(100)47(27-39-14-12-11-13-15-39)78-68(105)56(38(8)86)81-51(89)30-71-60(97)45(24-25-52(90)91)75-58(95)36(6)72-59(96)44(70)26-40-16-20-42(87)21-17-40/h11-23,33-38,44-50,54-56,84-88H,9-10,24-32,70H2,1-8H3,(H,71,97)(H,72,96)(H,73,103)(H,74,94)(H,75,95)(H,76,99)(H,77,101)(H,78,105)(H,79,98)(H,80,104)(H,81,89)(H,82,100)(H,83,102)(H,90,91)(H,92,93)(H,106,107)/t33-,34-,35-,36-,37-,38+,44-,45-,46-,47-,48-,49-,50-,54-,55-,56-/m0/s1. The zero-order chi connectivity index (χ0) is 80.5. The SMILES string of the molecule is CC[C@H](C)[C@H](NC(=O)[C@H](CO)NC(=O)[C@H](Cc1ccc(O)cc1)NC(=O)[C@H](CC(=O)O)NC(=O)[C@H](CO)NC(=O)[C@@H](NC(=O)[C@H](Cc1ccccc1)NC(=O)[C@@H](NC(=O)CNC(=O)[C@H](CCC(=O)O)NC(=O)[C@H](C)NC(=O)[C@@H](N)Cc1ccc(O)cc1)[C@@H](C)O)[C@@H](C)CC)C(=O)N[C@@H](C)C(=O)N[C@@H](C)C(=O)O. The monoisotopic (exact) mass is 1510 g/mol. The van der Waals surface area contributed by atoms with Gasteiger partial charge in [0.25, 0.3) is 0 Å². The van der Waals surface area contributed by atoms with E-state index < -0.39 is 237 Å². The summed E-state index contributed by atoms with van der Waals surface area (Å²) in [6.45, 7) is 7.81. The second-order valence-corrected chi connectivity index (χ2v) is 25.6. The van der Waals surface area contributed by atoms with Gasteiger partial charge in [0.1, 0.15) is 84.0 Å². The Morgan fingerprint density at radius 1 is 0.383 bits per heavy atom.